The number of alkyl halides is 3. The Morgan fingerprint density at radius 1 is 1.00 bits per heavy atom. The van der Waals surface area contributed by atoms with E-state index in [1.165, 1.54) is 11.6 Å². The van der Waals surface area contributed by atoms with Crippen molar-refractivity contribution >= 4 is 5.91 Å². The van der Waals surface area contributed by atoms with Crippen LogP contribution in [0.4, 0.5) is 13.2 Å². The predicted octanol–water partition coefficient (Wildman–Crippen LogP) is 4.89. The number of benzene rings is 2. The van der Waals surface area contributed by atoms with Gasteiger partial charge in [-0.05, 0) is 49.4 Å². The van der Waals surface area contributed by atoms with Crippen molar-refractivity contribution in [2.24, 2.45) is 11.8 Å². The lowest BCUT2D eigenvalue weighted by Gasteiger charge is -2.38. The number of likely N-dealkylation sites (tertiary alicyclic amines) is 2. The van der Waals surface area contributed by atoms with E-state index in [0.717, 1.165) is 64.1 Å². The van der Waals surface area contributed by atoms with Crippen molar-refractivity contribution in [3.8, 4) is 5.75 Å². The third kappa shape index (κ3) is 6.50. The van der Waals surface area contributed by atoms with Gasteiger partial charge in [0.15, 0.2) is 0 Å². The molecule has 0 radical (unpaired) electrons. The van der Waals surface area contributed by atoms with Crippen LogP contribution in [0.3, 0.4) is 0 Å². The highest BCUT2D eigenvalue weighted by Gasteiger charge is 2.35. The molecule has 33 heavy (non-hydrogen) atoms. The minimum absolute atomic E-state index is 0.0839. The molecule has 2 fully saturated rings. The molecule has 2 aromatic rings. The van der Waals surface area contributed by atoms with Crippen LogP contribution < -0.4 is 4.74 Å². The molecule has 2 aromatic carbocycles. The molecule has 2 atom stereocenters. The first-order valence-electron chi connectivity index (χ1n) is 11.7. The van der Waals surface area contributed by atoms with E-state index in [4.69, 9.17) is 4.74 Å². The van der Waals surface area contributed by atoms with Crippen molar-refractivity contribution in [3.05, 3.63) is 65.7 Å². The van der Waals surface area contributed by atoms with Crippen LogP contribution in [0.25, 0.3) is 0 Å². The second kappa shape index (κ2) is 10.6. The molecule has 0 unspecified atom stereocenters. The molecular formula is C26H31F3N2O2. The van der Waals surface area contributed by atoms with Gasteiger partial charge in [-0.2, -0.15) is 13.2 Å². The normalized spacial score (nSPS) is 21.8. The largest absolute Gasteiger partial charge is 0.493 e. The van der Waals surface area contributed by atoms with Crippen molar-refractivity contribution in [2.75, 3.05) is 39.3 Å². The van der Waals surface area contributed by atoms with Gasteiger partial charge in [0.1, 0.15) is 5.75 Å². The summed E-state index contributed by atoms with van der Waals surface area (Å²) in [4.78, 5) is 17.4. The number of halogens is 3. The zero-order valence-electron chi connectivity index (χ0n) is 18.8. The van der Waals surface area contributed by atoms with Gasteiger partial charge in [0.25, 0.3) is 0 Å². The van der Waals surface area contributed by atoms with E-state index in [1.54, 1.807) is 6.07 Å². The summed E-state index contributed by atoms with van der Waals surface area (Å²) in [6.45, 7) is 4.29. The van der Waals surface area contributed by atoms with Gasteiger partial charge in [-0.25, -0.2) is 0 Å². The van der Waals surface area contributed by atoms with Crippen LogP contribution in [-0.2, 0) is 17.4 Å². The van der Waals surface area contributed by atoms with Gasteiger partial charge in [-0.15, -0.1) is 0 Å². The van der Waals surface area contributed by atoms with Crippen molar-refractivity contribution in [1.29, 1.82) is 0 Å². The lowest BCUT2D eigenvalue weighted by Crippen LogP contribution is -2.48. The Hall–Kier alpha value is -2.54. The first kappa shape index (κ1) is 23.6. The minimum Gasteiger partial charge on any atom is -0.493 e. The average Bonchev–Trinajstić information content (AvgIpc) is 3.36. The van der Waals surface area contributed by atoms with Crippen LogP contribution in [0.1, 0.15) is 30.4 Å². The number of carbonyl (C=O) groups excluding carboxylic acids is 1. The smallest absolute Gasteiger partial charge is 0.416 e. The first-order valence-corrected chi connectivity index (χ1v) is 11.7. The Morgan fingerprint density at radius 3 is 2.48 bits per heavy atom. The summed E-state index contributed by atoms with van der Waals surface area (Å²) in [6, 6.07) is 15.3. The second-order valence-corrected chi connectivity index (χ2v) is 9.16. The molecule has 0 spiro atoms. The molecule has 7 heteroatoms. The standard InChI is InChI=1S/C26H31F3N2O2/c27-26(28,29)23-9-6-10-24(16-23)33-19-21-15-22(25(32)31-12-4-5-13-31)18-30(17-21)14-11-20-7-2-1-3-8-20/h1-3,6-10,16,21-22H,4-5,11-15,17-19H2/t21-,22+/m0/s1. The molecular weight excluding hydrogens is 429 g/mol. The van der Waals surface area contributed by atoms with Gasteiger partial charge in [0, 0.05) is 38.6 Å². The van der Waals surface area contributed by atoms with Crippen LogP contribution in [0.5, 0.6) is 5.75 Å². The van der Waals surface area contributed by atoms with E-state index < -0.39 is 11.7 Å². The van der Waals surface area contributed by atoms with Gasteiger partial charge in [0.2, 0.25) is 5.91 Å². The molecule has 2 aliphatic heterocycles. The quantitative estimate of drug-likeness (QED) is 0.590. The van der Waals surface area contributed by atoms with Gasteiger partial charge in [0.05, 0.1) is 18.1 Å². The van der Waals surface area contributed by atoms with Crippen molar-refractivity contribution in [1.82, 2.24) is 9.80 Å². The van der Waals surface area contributed by atoms with Crippen LogP contribution >= 0.6 is 0 Å². The summed E-state index contributed by atoms with van der Waals surface area (Å²) in [5.41, 5.74) is 0.539. The Bertz CT molecular complexity index is 913. The zero-order valence-corrected chi connectivity index (χ0v) is 18.8. The summed E-state index contributed by atoms with van der Waals surface area (Å²) < 4.78 is 44.9. The predicted molar refractivity (Wildman–Crippen MR) is 121 cm³/mol. The number of nitrogens with zero attached hydrogens (tertiary/aromatic N) is 2. The minimum atomic E-state index is -4.40. The number of piperidine rings is 1. The third-order valence-electron chi connectivity index (χ3n) is 6.59. The third-order valence-corrected chi connectivity index (χ3v) is 6.59. The molecule has 2 aliphatic rings. The average molecular weight is 461 g/mol. The highest BCUT2D eigenvalue weighted by atomic mass is 19.4. The molecule has 0 N–H and O–H groups in total. The van der Waals surface area contributed by atoms with E-state index >= 15 is 0 Å². The Balaban J connectivity index is 1.41. The van der Waals surface area contributed by atoms with Crippen LogP contribution in [0.15, 0.2) is 54.6 Å². The molecule has 2 heterocycles. The highest BCUT2D eigenvalue weighted by Crippen LogP contribution is 2.32. The highest BCUT2D eigenvalue weighted by molar-refractivity contribution is 5.79. The summed E-state index contributed by atoms with van der Waals surface area (Å²) >= 11 is 0. The van der Waals surface area contributed by atoms with E-state index in [0.29, 0.717) is 13.0 Å². The maximum Gasteiger partial charge on any atom is 0.416 e. The maximum atomic E-state index is 13.1. The molecule has 0 bridgehead atoms. The number of amides is 1. The van der Waals surface area contributed by atoms with Crippen molar-refractivity contribution < 1.29 is 22.7 Å². The van der Waals surface area contributed by atoms with E-state index in [-0.39, 0.29) is 23.5 Å². The van der Waals surface area contributed by atoms with Gasteiger partial charge >= 0.3 is 6.18 Å². The maximum absolute atomic E-state index is 13.1. The molecule has 0 aliphatic carbocycles. The zero-order chi connectivity index (χ0) is 23.3. The molecule has 0 saturated carbocycles. The Morgan fingerprint density at radius 2 is 1.76 bits per heavy atom. The molecule has 4 nitrogen and oxygen atoms in total. The number of carbonyl (C=O) groups is 1. The van der Waals surface area contributed by atoms with E-state index in [2.05, 4.69) is 17.0 Å². The lowest BCUT2D eigenvalue weighted by atomic mass is 9.88. The van der Waals surface area contributed by atoms with Crippen LogP contribution in [0.2, 0.25) is 0 Å². The molecule has 1 amide bonds. The van der Waals surface area contributed by atoms with E-state index in [1.807, 2.05) is 23.1 Å². The molecule has 0 aromatic heterocycles. The number of hydrogen-bond donors (Lipinski definition) is 0. The first-order chi connectivity index (χ1) is 15.9. The fraction of sp³-hybridized carbons (Fsp3) is 0.500. The Kier molecular flexibility index (Phi) is 7.58. The summed E-state index contributed by atoms with van der Waals surface area (Å²) in [5, 5.41) is 0. The molecule has 4 rings (SSSR count). The van der Waals surface area contributed by atoms with Gasteiger partial charge < -0.3 is 14.5 Å². The molecule has 2 saturated heterocycles. The summed E-state index contributed by atoms with van der Waals surface area (Å²) in [5.74, 6) is 0.415. The van der Waals surface area contributed by atoms with Crippen LogP contribution in [0, 0.1) is 11.8 Å². The van der Waals surface area contributed by atoms with Gasteiger partial charge in [-0.3, -0.25) is 4.79 Å². The number of hydrogen-bond acceptors (Lipinski definition) is 3. The fourth-order valence-corrected chi connectivity index (χ4v) is 4.89. The summed E-state index contributed by atoms with van der Waals surface area (Å²) in [7, 11) is 0. The summed E-state index contributed by atoms with van der Waals surface area (Å²) in [6.07, 6.45) is -0.689. The molecule has 178 valence electrons. The van der Waals surface area contributed by atoms with E-state index in [9.17, 15) is 18.0 Å². The van der Waals surface area contributed by atoms with Crippen LogP contribution in [-0.4, -0.2) is 55.0 Å². The fourth-order valence-electron chi connectivity index (χ4n) is 4.89. The topological polar surface area (TPSA) is 32.8 Å². The lowest BCUT2D eigenvalue weighted by molar-refractivity contribution is -0.138. The monoisotopic (exact) mass is 460 g/mol. The number of rotatable bonds is 7. The van der Waals surface area contributed by atoms with Crippen molar-refractivity contribution in [3.63, 3.8) is 0 Å². The second-order valence-electron chi connectivity index (χ2n) is 9.16. The SMILES string of the molecule is O=C([C@@H]1C[C@H](COc2cccc(C(F)(F)F)c2)CN(CCc2ccccc2)C1)N1CCCC1. The number of ether oxygens (including phenoxy) is 1. The Labute approximate surface area is 193 Å². The van der Waals surface area contributed by atoms with Crippen molar-refractivity contribution in [2.45, 2.75) is 31.9 Å². The van der Waals surface area contributed by atoms with Gasteiger partial charge in [-0.1, -0.05) is 36.4 Å².